The summed E-state index contributed by atoms with van der Waals surface area (Å²) in [5, 5.41) is 1.19. The summed E-state index contributed by atoms with van der Waals surface area (Å²) in [6, 6.07) is 0.655. The Balaban J connectivity index is 1.86. The largest absolute Gasteiger partial charge is 0.303 e. The highest BCUT2D eigenvalue weighted by molar-refractivity contribution is 7.11. The molecule has 1 atom stereocenters. The monoisotopic (exact) mass is 252 g/mol. The Labute approximate surface area is 107 Å². The second-order valence-electron chi connectivity index (χ2n) is 5.04. The summed E-state index contributed by atoms with van der Waals surface area (Å²) in [5.74, 6) is 0.743. The van der Waals surface area contributed by atoms with Gasteiger partial charge in [0.1, 0.15) is 6.29 Å². The molecule has 0 bridgehead atoms. The first kappa shape index (κ1) is 12.7. The lowest BCUT2D eigenvalue weighted by molar-refractivity contribution is -0.107. The minimum atomic E-state index is 0.514. The van der Waals surface area contributed by atoms with Crippen LogP contribution in [0.25, 0.3) is 0 Å². The molecule has 4 heteroatoms. The Morgan fingerprint density at radius 1 is 1.65 bits per heavy atom. The van der Waals surface area contributed by atoms with E-state index < -0.39 is 0 Å². The molecule has 94 valence electrons. The lowest BCUT2D eigenvalue weighted by Crippen LogP contribution is -2.28. The molecule has 1 aromatic rings. The summed E-state index contributed by atoms with van der Waals surface area (Å²) in [5.41, 5.74) is 0. The van der Waals surface area contributed by atoms with Crippen molar-refractivity contribution in [2.45, 2.75) is 39.2 Å². The number of rotatable bonds is 5. The molecule has 0 radical (unpaired) electrons. The van der Waals surface area contributed by atoms with Crippen LogP contribution in [0.2, 0.25) is 0 Å². The molecule has 1 aliphatic heterocycles. The van der Waals surface area contributed by atoms with Gasteiger partial charge in [-0.2, -0.15) is 0 Å². The number of hydrogen-bond donors (Lipinski definition) is 0. The molecule has 1 aliphatic rings. The molecular formula is C13H20N2OS. The SMILES string of the molecule is CC(C)N1CCC(Cc2ncc(CC=O)s2)C1. The Hall–Kier alpha value is -0.740. The fourth-order valence-electron chi connectivity index (χ4n) is 2.36. The van der Waals surface area contributed by atoms with E-state index in [1.54, 1.807) is 11.3 Å². The number of thiazole rings is 1. The molecule has 0 N–H and O–H groups in total. The Morgan fingerprint density at radius 2 is 2.47 bits per heavy atom. The third kappa shape index (κ3) is 3.36. The summed E-state index contributed by atoms with van der Waals surface area (Å²) in [4.78, 5) is 18.5. The van der Waals surface area contributed by atoms with Crippen molar-refractivity contribution in [1.29, 1.82) is 0 Å². The maximum atomic E-state index is 10.4. The van der Waals surface area contributed by atoms with E-state index in [-0.39, 0.29) is 0 Å². The standard InChI is InChI=1S/C13H20N2OS/c1-10(2)15-5-3-11(9-15)7-13-14-8-12(17-13)4-6-16/h6,8,10-11H,3-5,7,9H2,1-2H3. The fraction of sp³-hybridized carbons (Fsp3) is 0.692. The van der Waals surface area contributed by atoms with E-state index in [0.29, 0.717) is 12.5 Å². The normalized spacial score (nSPS) is 21.2. The zero-order valence-corrected chi connectivity index (χ0v) is 11.4. The number of aldehydes is 1. The third-order valence-electron chi connectivity index (χ3n) is 3.40. The first-order chi connectivity index (χ1) is 8.19. The summed E-state index contributed by atoms with van der Waals surface area (Å²) in [6.07, 6.45) is 5.67. The first-order valence-electron chi connectivity index (χ1n) is 6.30. The molecule has 1 fully saturated rings. The van der Waals surface area contributed by atoms with Gasteiger partial charge < -0.3 is 9.69 Å². The average Bonchev–Trinajstić information content (AvgIpc) is 2.89. The molecule has 1 unspecified atom stereocenters. The maximum absolute atomic E-state index is 10.4. The second kappa shape index (κ2) is 5.74. The van der Waals surface area contributed by atoms with E-state index in [9.17, 15) is 4.79 Å². The molecule has 0 amide bonds. The highest BCUT2D eigenvalue weighted by Crippen LogP contribution is 2.24. The van der Waals surface area contributed by atoms with Gasteiger partial charge >= 0.3 is 0 Å². The number of carbonyl (C=O) groups is 1. The molecule has 0 spiro atoms. The zero-order chi connectivity index (χ0) is 12.3. The van der Waals surface area contributed by atoms with Crippen LogP contribution in [0.5, 0.6) is 0 Å². The minimum Gasteiger partial charge on any atom is -0.303 e. The predicted octanol–water partition coefficient (Wildman–Crippen LogP) is 2.16. The predicted molar refractivity (Wildman–Crippen MR) is 70.4 cm³/mol. The number of carbonyl (C=O) groups excluding carboxylic acids is 1. The molecule has 2 heterocycles. The quantitative estimate of drug-likeness (QED) is 0.753. The molecule has 0 aromatic carbocycles. The summed E-state index contributed by atoms with van der Waals surface area (Å²) >= 11 is 1.69. The van der Waals surface area contributed by atoms with Gasteiger partial charge in [-0.3, -0.25) is 0 Å². The third-order valence-corrected chi connectivity index (χ3v) is 4.44. The first-order valence-corrected chi connectivity index (χ1v) is 7.12. The van der Waals surface area contributed by atoms with Crippen LogP contribution in [0, 0.1) is 5.92 Å². The van der Waals surface area contributed by atoms with Gasteiger partial charge in [0.2, 0.25) is 0 Å². The van der Waals surface area contributed by atoms with Crippen LogP contribution in [0.15, 0.2) is 6.20 Å². The molecule has 2 rings (SSSR count). The molecular weight excluding hydrogens is 232 g/mol. The lowest BCUT2D eigenvalue weighted by Gasteiger charge is -2.19. The van der Waals surface area contributed by atoms with Crippen LogP contribution in [0.1, 0.15) is 30.2 Å². The van der Waals surface area contributed by atoms with Gasteiger partial charge in [-0.15, -0.1) is 11.3 Å². The summed E-state index contributed by atoms with van der Waals surface area (Å²) < 4.78 is 0. The lowest BCUT2D eigenvalue weighted by atomic mass is 10.1. The van der Waals surface area contributed by atoms with Gasteiger partial charge in [0.25, 0.3) is 0 Å². The Bertz CT molecular complexity index is 375. The van der Waals surface area contributed by atoms with Crippen LogP contribution in [-0.2, 0) is 17.6 Å². The van der Waals surface area contributed by atoms with Crippen molar-refractivity contribution < 1.29 is 4.79 Å². The number of nitrogens with zero attached hydrogens (tertiary/aromatic N) is 2. The van der Waals surface area contributed by atoms with Crippen molar-refractivity contribution in [3.8, 4) is 0 Å². The van der Waals surface area contributed by atoms with E-state index in [1.807, 2.05) is 6.20 Å². The van der Waals surface area contributed by atoms with Crippen molar-refractivity contribution in [2.24, 2.45) is 5.92 Å². The Morgan fingerprint density at radius 3 is 3.12 bits per heavy atom. The highest BCUT2D eigenvalue weighted by Gasteiger charge is 2.24. The van der Waals surface area contributed by atoms with Gasteiger partial charge in [-0.25, -0.2) is 4.98 Å². The van der Waals surface area contributed by atoms with Crippen molar-refractivity contribution in [3.63, 3.8) is 0 Å². The highest BCUT2D eigenvalue weighted by atomic mass is 32.1. The zero-order valence-electron chi connectivity index (χ0n) is 10.6. The van der Waals surface area contributed by atoms with Crippen LogP contribution in [0.4, 0.5) is 0 Å². The smallest absolute Gasteiger partial charge is 0.125 e. The van der Waals surface area contributed by atoms with Crippen molar-refractivity contribution in [2.75, 3.05) is 13.1 Å². The number of aromatic nitrogens is 1. The van der Waals surface area contributed by atoms with E-state index in [2.05, 4.69) is 23.7 Å². The van der Waals surface area contributed by atoms with Gasteiger partial charge in [0.05, 0.1) is 5.01 Å². The van der Waals surface area contributed by atoms with E-state index in [0.717, 1.165) is 23.5 Å². The Kier molecular flexibility index (Phi) is 4.29. The van der Waals surface area contributed by atoms with Gasteiger partial charge in [-0.1, -0.05) is 0 Å². The molecule has 0 aliphatic carbocycles. The van der Waals surface area contributed by atoms with E-state index in [1.165, 1.54) is 24.5 Å². The summed E-state index contributed by atoms with van der Waals surface area (Å²) in [7, 11) is 0. The average molecular weight is 252 g/mol. The van der Waals surface area contributed by atoms with Crippen molar-refractivity contribution in [1.82, 2.24) is 9.88 Å². The minimum absolute atomic E-state index is 0.514. The van der Waals surface area contributed by atoms with Crippen LogP contribution in [-0.4, -0.2) is 35.3 Å². The van der Waals surface area contributed by atoms with Gasteiger partial charge in [-0.05, 0) is 32.7 Å². The number of hydrogen-bond acceptors (Lipinski definition) is 4. The van der Waals surface area contributed by atoms with E-state index in [4.69, 9.17) is 0 Å². The molecule has 3 nitrogen and oxygen atoms in total. The molecule has 17 heavy (non-hydrogen) atoms. The maximum Gasteiger partial charge on any atom is 0.125 e. The topological polar surface area (TPSA) is 33.2 Å². The molecule has 1 saturated heterocycles. The molecule has 1 aromatic heterocycles. The second-order valence-corrected chi connectivity index (χ2v) is 6.24. The van der Waals surface area contributed by atoms with Crippen molar-refractivity contribution >= 4 is 17.6 Å². The van der Waals surface area contributed by atoms with E-state index >= 15 is 0 Å². The molecule has 0 saturated carbocycles. The van der Waals surface area contributed by atoms with Crippen LogP contribution < -0.4 is 0 Å². The van der Waals surface area contributed by atoms with Crippen molar-refractivity contribution in [3.05, 3.63) is 16.1 Å². The fourth-order valence-corrected chi connectivity index (χ4v) is 3.35. The van der Waals surface area contributed by atoms with Gasteiger partial charge in [0.15, 0.2) is 0 Å². The van der Waals surface area contributed by atoms with Crippen LogP contribution >= 0.6 is 11.3 Å². The number of likely N-dealkylation sites (tertiary alicyclic amines) is 1. The van der Waals surface area contributed by atoms with Crippen LogP contribution in [0.3, 0.4) is 0 Å². The summed E-state index contributed by atoms with van der Waals surface area (Å²) in [6.45, 7) is 6.93. The van der Waals surface area contributed by atoms with Gasteiger partial charge in [0, 0.05) is 36.5 Å².